The van der Waals surface area contributed by atoms with Gasteiger partial charge >= 0.3 is 0 Å². The summed E-state index contributed by atoms with van der Waals surface area (Å²) in [4.78, 5) is 4.30. The SMILES string of the molecule is CCCC(C)COc1ccnc(CNCC)c1. The van der Waals surface area contributed by atoms with Crippen LogP contribution in [0, 0.1) is 5.92 Å². The smallest absolute Gasteiger partial charge is 0.122 e. The van der Waals surface area contributed by atoms with Gasteiger partial charge in [-0.25, -0.2) is 0 Å². The van der Waals surface area contributed by atoms with E-state index >= 15 is 0 Å². The highest BCUT2D eigenvalue weighted by Crippen LogP contribution is 2.13. The van der Waals surface area contributed by atoms with Crippen LogP contribution in [-0.2, 0) is 6.54 Å². The molecular formula is C14H24N2O. The Bertz CT molecular complexity index is 315. The second-order valence-corrected chi connectivity index (χ2v) is 4.47. The third kappa shape index (κ3) is 5.68. The van der Waals surface area contributed by atoms with Gasteiger partial charge < -0.3 is 10.1 Å². The van der Waals surface area contributed by atoms with Gasteiger partial charge in [-0.3, -0.25) is 4.98 Å². The molecule has 1 rings (SSSR count). The van der Waals surface area contributed by atoms with Crippen molar-refractivity contribution in [3.05, 3.63) is 24.0 Å². The molecule has 0 saturated carbocycles. The van der Waals surface area contributed by atoms with E-state index in [1.165, 1.54) is 12.8 Å². The average molecular weight is 236 g/mol. The first-order chi connectivity index (χ1) is 8.26. The fourth-order valence-corrected chi connectivity index (χ4v) is 1.71. The van der Waals surface area contributed by atoms with Crippen molar-refractivity contribution in [3.63, 3.8) is 0 Å². The molecule has 0 aromatic carbocycles. The molecule has 17 heavy (non-hydrogen) atoms. The quantitative estimate of drug-likeness (QED) is 0.753. The second kappa shape index (κ2) is 8.07. The summed E-state index contributed by atoms with van der Waals surface area (Å²) in [6.07, 6.45) is 4.24. The van der Waals surface area contributed by atoms with Crippen LogP contribution >= 0.6 is 0 Å². The number of hydrogen-bond donors (Lipinski definition) is 1. The molecule has 1 atom stereocenters. The minimum atomic E-state index is 0.616. The molecule has 96 valence electrons. The van der Waals surface area contributed by atoms with E-state index in [4.69, 9.17) is 4.74 Å². The molecule has 1 aromatic heterocycles. The molecule has 1 heterocycles. The van der Waals surface area contributed by atoms with Gasteiger partial charge in [0.25, 0.3) is 0 Å². The lowest BCUT2D eigenvalue weighted by atomic mass is 10.1. The first-order valence-corrected chi connectivity index (χ1v) is 6.54. The molecule has 0 saturated heterocycles. The van der Waals surface area contributed by atoms with Crippen molar-refractivity contribution in [2.75, 3.05) is 13.2 Å². The minimum Gasteiger partial charge on any atom is -0.493 e. The molecule has 3 heteroatoms. The van der Waals surface area contributed by atoms with Gasteiger partial charge in [0, 0.05) is 18.8 Å². The average Bonchev–Trinajstić information content (AvgIpc) is 2.35. The van der Waals surface area contributed by atoms with E-state index in [0.29, 0.717) is 5.92 Å². The number of pyridine rings is 1. The molecule has 0 radical (unpaired) electrons. The predicted molar refractivity (Wildman–Crippen MR) is 71.2 cm³/mol. The van der Waals surface area contributed by atoms with Crippen molar-refractivity contribution in [1.29, 1.82) is 0 Å². The van der Waals surface area contributed by atoms with Gasteiger partial charge in [0.05, 0.1) is 12.3 Å². The summed E-state index contributed by atoms with van der Waals surface area (Å²) in [5.74, 6) is 1.54. The van der Waals surface area contributed by atoms with Crippen LogP contribution in [0.25, 0.3) is 0 Å². The summed E-state index contributed by atoms with van der Waals surface area (Å²) in [6.45, 7) is 9.07. The van der Waals surface area contributed by atoms with E-state index in [1.54, 1.807) is 0 Å². The normalized spacial score (nSPS) is 12.4. The lowest BCUT2D eigenvalue weighted by Gasteiger charge is -2.12. The maximum Gasteiger partial charge on any atom is 0.122 e. The molecule has 1 aromatic rings. The largest absolute Gasteiger partial charge is 0.493 e. The fraction of sp³-hybridized carbons (Fsp3) is 0.643. The summed E-state index contributed by atoms with van der Waals surface area (Å²) in [6, 6.07) is 3.94. The third-order valence-electron chi connectivity index (χ3n) is 2.66. The van der Waals surface area contributed by atoms with Gasteiger partial charge in [-0.15, -0.1) is 0 Å². The van der Waals surface area contributed by atoms with Crippen molar-refractivity contribution in [1.82, 2.24) is 10.3 Å². The second-order valence-electron chi connectivity index (χ2n) is 4.47. The highest BCUT2D eigenvalue weighted by atomic mass is 16.5. The van der Waals surface area contributed by atoms with Crippen LogP contribution in [0.1, 0.15) is 39.3 Å². The summed E-state index contributed by atoms with van der Waals surface area (Å²) in [5, 5.41) is 3.26. The standard InChI is InChI=1S/C14H24N2O/c1-4-6-12(3)11-17-14-7-8-16-13(9-14)10-15-5-2/h7-9,12,15H,4-6,10-11H2,1-3H3. The number of hydrogen-bond acceptors (Lipinski definition) is 3. The van der Waals surface area contributed by atoms with E-state index in [-0.39, 0.29) is 0 Å². The molecule has 0 bridgehead atoms. The number of rotatable bonds is 8. The van der Waals surface area contributed by atoms with E-state index < -0.39 is 0 Å². The molecule has 1 unspecified atom stereocenters. The van der Waals surface area contributed by atoms with Crippen molar-refractivity contribution >= 4 is 0 Å². The van der Waals surface area contributed by atoms with Crippen LogP contribution in [-0.4, -0.2) is 18.1 Å². The number of nitrogens with zero attached hydrogens (tertiary/aromatic N) is 1. The number of ether oxygens (including phenoxy) is 1. The van der Waals surface area contributed by atoms with Crippen molar-refractivity contribution in [2.24, 2.45) is 5.92 Å². The summed E-state index contributed by atoms with van der Waals surface area (Å²) in [5.41, 5.74) is 1.03. The minimum absolute atomic E-state index is 0.616. The van der Waals surface area contributed by atoms with Crippen molar-refractivity contribution < 1.29 is 4.74 Å². The zero-order valence-corrected chi connectivity index (χ0v) is 11.2. The van der Waals surface area contributed by atoms with Crippen molar-refractivity contribution in [3.8, 4) is 5.75 Å². The molecule has 3 nitrogen and oxygen atoms in total. The van der Waals surface area contributed by atoms with Gasteiger partial charge in [-0.2, -0.15) is 0 Å². The predicted octanol–water partition coefficient (Wildman–Crippen LogP) is 3.01. The van der Waals surface area contributed by atoms with Crippen LogP contribution in [0.5, 0.6) is 5.75 Å². The van der Waals surface area contributed by atoms with Crippen LogP contribution in [0.15, 0.2) is 18.3 Å². The Hall–Kier alpha value is -1.09. The molecule has 0 spiro atoms. The van der Waals surface area contributed by atoms with Gasteiger partial charge in [-0.1, -0.05) is 27.2 Å². The summed E-state index contributed by atoms with van der Waals surface area (Å²) in [7, 11) is 0. The Kier molecular flexibility index (Phi) is 6.63. The number of aromatic nitrogens is 1. The maximum atomic E-state index is 5.77. The Morgan fingerprint density at radius 3 is 2.94 bits per heavy atom. The van der Waals surface area contributed by atoms with E-state index in [2.05, 4.69) is 31.1 Å². The highest BCUT2D eigenvalue weighted by molar-refractivity contribution is 5.22. The molecule has 0 fully saturated rings. The van der Waals surface area contributed by atoms with Crippen molar-refractivity contribution in [2.45, 2.75) is 40.2 Å². The van der Waals surface area contributed by atoms with E-state index in [9.17, 15) is 0 Å². The Morgan fingerprint density at radius 2 is 2.24 bits per heavy atom. The monoisotopic (exact) mass is 236 g/mol. The van der Waals surface area contributed by atoms with Gasteiger partial charge in [0.15, 0.2) is 0 Å². The first-order valence-electron chi connectivity index (χ1n) is 6.54. The highest BCUT2D eigenvalue weighted by Gasteiger charge is 2.03. The van der Waals surface area contributed by atoms with Gasteiger partial charge in [0.2, 0.25) is 0 Å². The van der Waals surface area contributed by atoms with Gasteiger partial charge in [-0.05, 0) is 24.9 Å². The third-order valence-corrected chi connectivity index (χ3v) is 2.66. The molecular weight excluding hydrogens is 212 g/mol. The van der Waals surface area contributed by atoms with E-state index in [1.807, 2.05) is 18.3 Å². The fourth-order valence-electron chi connectivity index (χ4n) is 1.71. The zero-order chi connectivity index (χ0) is 12.5. The van der Waals surface area contributed by atoms with Gasteiger partial charge in [0.1, 0.15) is 5.75 Å². The molecule has 0 aliphatic heterocycles. The molecule has 0 amide bonds. The lowest BCUT2D eigenvalue weighted by molar-refractivity contribution is 0.251. The number of nitrogens with one attached hydrogen (secondary N) is 1. The summed E-state index contributed by atoms with van der Waals surface area (Å²) >= 11 is 0. The lowest BCUT2D eigenvalue weighted by Crippen LogP contribution is -2.13. The molecule has 0 aliphatic rings. The van der Waals surface area contributed by atoms with Crippen LogP contribution < -0.4 is 10.1 Å². The van der Waals surface area contributed by atoms with Crippen LogP contribution in [0.3, 0.4) is 0 Å². The topological polar surface area (TPSA) is 34.1 Å². The molecule has 0 aliphatic carbocycles. The van der Waals surface area contributed by atoms with Crippen LogP contribution in [0.2, 0.25) is 0 Å². The zero-order valence-electron chi connectivity index (χ0n) is 11.2. The maximum absolute atomic E-state index is 5.77. The molecule has 1 N–H and O–H groups in total. The Labute approximate surface area is 105 Å². The Balaban J connectivity index is 2.42. The van der Waals surface area contributed by atoms with E-state index in [0.717, 1.165) is 31.1 Å². The first kappa shape index (κ1) is 14.0. The van der Waals surface area contributed by atoms with Crippen LogP contribution in [0.4, 0.5) is 0 Å². The summed E-state index contributed by atoms with van der Waals surface area (Å²) < 4.78 is 5.77. The Morgan fingerprint density at radius 1 is 1.41 bits per heavy atom.